The summed E-state index contributed by atoms with van der Waals surface area (Å²) in [5, 5.41) is 3.66. The van der Waals surface area contributed by atoms with Crippen molar-refractivity contribution < 1.29 is 31.8 Å². The molecule has 21 heavy (non-hydrogen) atoms. The number of nitrogens with one attached hydrogen (secondary N) is 1. The van der Waals surface area contributed by atoms with Crippen molar-refractivity contribution in [1.29, 1.82) is 0 Å². The molecule has 0 bridgehead atoms. The van der Waals surface area contributed by atoms with E-state index in [9.17, 15) is 22.4 Å². The van der Waals surface area contributed by atoms with Crippen molar-refractivity contribution in [2.24, 2.45) is 5.10 Å². The molecule has 0 radical (unpaired) electrons. The number of carbonyl (C=O) groups excluding carboxylic acids is 1. The number of nitrogens with zero attached hydrogens (tertiary/aromatic N) is 1. The van der Waals surface area contributed by atoms with Crippen LogP contribution in [0.2, 0.25) is 0 Å². The predicted octanol–water partition coefficient (Wildman–Crippen LogP) is 2.75. The van der Waals surface area contributed by atoms with E-state index in [1.54, 1.807) is 0 Å². The van der Waals surface area contributed by atoms with Gasteiger partial charge in [-0.25, -0.2) is 5.43 Å². The van der Waals surface area contributed by atoms with Gasteiger partial charge >= 0.3 is 13.2 Å². The average molecular weight is 308 g/mol. The Morgan fingerprint density at radius 3 is 2.29 bits per heavy atom. The molecule has 0 saturated carbocycles. The van der Waals surface area contributed by atoms with Crippen molar-refractivity contribution in [3.8, 4) is 11.5 Å². The van der Waals surface area contributed by atoms with Gasteiger partial charge < -0.3 is 9.47 Å². The first-order valence-electron chi connectivity index (χ1n) is 5.64. The molecule has 0 unspecified atom stereocenters. The quantitative estimate of drug-likeness (QED) is 0.499. The zero-order valence-electron chi connectivity index (χ0n) is 11.1. The van der Waals surface area contributed by atoms with E-state index in [4.69, 9.17) is 0 Å². The lowest BCUT2D eigenvalue weighted by molar-refractivity contribution is -0.118. The van der Waals surface area contributed by atoms with Gasteiger partial charge in [-0.3, -0.25) is 4.79 Å². The third kappa shape index (κ3) is 5.67. The smallest absolute Gasteiger partial charge is 0.387 e. The molecule has 0 atom stereocenters. The van der Waals surface area contributed by atoms with E-state index in [1.807, 2.05) is 0 Å². The number of rotatable bonds is 6. The first kappa shape index (κ1) is 16.7. The number of carbonyl (C=O) groups is 1. The van der Waals surface area contributed by atoms with Crippen LogP contribution in [0.1, 0.15) is 19.4 Å². The van der Waals surface area contributed by atoms with Crippen molar-refractivity contribution in [1.82, 2.24) is 5.43 Å². The summed E-state index contributed by atoms with van der Waals surface area (Å²) in [5.41, 5.74) is 2.39. The summed E-state index contributed by atoms with van der Waals surface area (Å²) < 4.78 is 57.3. The van der Waals surface area contributed by atoms with Crippen molar-refractivity contribution in [2.75, 3.05) is 0 Å². The molecule has 0 aliphatic rings. The third-order valence-electron chi connectivity index (χ3n) is 2.17. The van der Waals surface area contributed by atoms with Crippen LogP contribution in [0.25, 0.3) is 0 Å². The van der Waals surface area contributed by atoms with Gasteiger partial charge in [0, 0.05) is 18.6 Å². The number of halogens is 4. The molecule has 0 aromatic heterocycles. The Bertz CT molecular complexity index is 535. The molecule has 5 nitrogen and oxygen atoms in total. The zero-order chi connectivity index (χ0) is 16.0. The van der Waals surface area contributed by atoms with Crippen LogP contribution in [-0.2, 0) is 4.79 Å². The van der Waals surface area contributed by atoms with Gasteiger partial charge in [-0.1, -0.05) is 0 Å². The Morgan fingerprint density at radius 1 is 1.14 bits per heavy atom. The number of amides is 1. The Morgan fingerprint density at radius 2 is 1.76 bits per heavy atom. The van der Waals surface area contributed by atoms with E-state index < -0.39 is 24.9 Å². The number of hydrogen-bond acceptors (Lipinski definition) is 4. The standard InChI is InChI=1S/C12H12F4N2O3/c1-6(17-18-7(2)19)9-4-3-8(20-11(13)14)5-10(9)21-12(15)16/h3-5,11-12H,1-2H3,(H,18,19)/b17-6-. The topological polar surface area (TPSA) is 59.9 Å². The van der Waals surface area contributed by atoms with Crippen molar-refractivity contribution in [3.63, 3.8) is 0 Å². The summed E-state index contributed by atoms with van der Waals surface area (Å²) in [6.07, 6.45) is 0. The summed E-state index contributed by atoms with van der Waals surface area (Å²) in [6.45, 7) is -3.60. The zero-order valence-corrected chi connectivity index (χ0v) is 11.1. The lowest BCUT2D eigenvalue weighted by Crippen LogP contribution is -2.16. The van der Waals surface area contributed by atoms with E-state index in [2.05, 4.69) is 20.0 Å². The van der Waals surface area contributed by atoms with Crippen LogP contribution in [0.3, 0.4) is 0 Å². The van der Waals surface area contributed by atoms with Crippen LogP contribution in [-0.4, -0.2) is 24.8 Å². The number of alkyl halides is 4. The highest BCUT2D eigenvalue weighted by molar-refractivity contribution is 6.01. The van der Waals surface area contributed by atoms with Gasteiger partial charge in [-0.15, -0.1) is 0 Å². The molecule has 0 aliphatic carbocycles. The third-order valence-corrected chi connectivity index (χ3v) is 2.17. The molecule has 0 fully saturated rings. The Kier molecular flexibility index (Phi) is 5.94. The van der Waals surface area contributed by atoms with Crippen LogP contribution >= 0.6 is 0 Å². The van der Waals surface area contributed by atoms with Crippen molar-refractivity contribution >= 4 is 11.6 Å². The highest BCUT2D eigenvalue weighted by Crippen LogP contribution is 2.28. The molecule has 0 aliphatic heterocycles. The molecular formula is C12H12F4N2O3. The minimum atomic E-state index is -3.15. The van der Waals surface area contributed by atoms with Crippen LogP contribution < -0.4 is 14.9 Å². The summed E-state index contributed by atoms with van der Waals surface area (Å²) in [6, 6.07) is 3.25. The summed E-state index contributed by atoms with van der Waals surface area (Å²) in [4.78, 5) is 10.7. The molecule has 0 saturated heterocycles. The highest BCUT2D eigenvalue weighted by atomic mass is 19.3. The van der Waals surface area contributed by atoms with Gasteiger partial charge in [0.2, 0.25) is 5.91 Å². The molecule has 1 N–H and O–H groups in total. The summed E-state index contributed by atoms with van der Waals surface area (Å²) in [5.74, 6) is -1.19. The van der Waals surface area contributed by atoms with Gasteiger partial charge in [-0.2, -0.15) is 22.7 Å². The Hall–Kier alpha value is -2.32. The second-order valence-electron chi connectivity index (χ2n) is 3.78. The maximum absolute atomic E-state index is 12.4. The van der Waals surface area contributed by atoms with Crippen LogP contribution in [0.4, 0.5) is 17.6 Å². The number of benzene rings is 1. The van der Waals surface area contributed by atoms with Crippen LogP contribution in [0, 0.1) is 0 Å². The molecule has 0 spiro atoms. The second-order valence-corrected chi connectivity index (χ2v) is 3.78. The molecule has 1 rings (SSSR count). The summed E-state index contributed by atoms with van der Waals surface area (Å²) >= 11 is 0. The van der Waals surface area contributed by atoms with Gasteiger partial charge in [0.25, 0.3) is 0 Å². The Balaban J connectivity index is 3.11. The number of hydrazone groups is 1. The monoisotopic (exact) mass is 308 g/mol. The van der Waals surface area contributed by atoms with Gasteiger partial charge in [-0.05, 0) is 19.1 Å². The Labute approximate surface area is 117 Å². The maximum atomic E-state index is 12.4. The second kappa shape index (κ2) is 7.46. The minimum Gasteiger partial charge on any atom is -0.435 e. The van der Waals surface area contributed by atoms with Gasteiger partial charge in [0.15, 0.2) is 0 Å². The fraction of sp³-hybridized carbons (Fsp3) is 0.333. The molecule has 1 aromatic rings. The van der Waals surface area contributed by atoms with E-state index in [1.165, 1.54) is 19.9 Å². The lowest BCUT2D eigenvalue weighted by Gasteiger charge is -2.13. The van der Waals surface area contributed by atoms with Crippen LogP contribution in [0.15, 0.2) is 23.3 Å². The van der Waals surface area contributed by atoms with Crippen LogP contribution in [0.5, 0.6) is 11.5 Å². The van der Waals surface area contributed by atoms with Crippen molar-refractivity contribution in [3.05, 3.63) is 23.8 Å². The molecule has 116 valence electrons. The molecular weight excluding hydrogens is 296 g/mol. The fourth-order valence-corrected chi connectivity index (χ4v) is 1.39. The fourth-order valence-electron chi connectivity index (χ4n) is 1.39. The SMILES string of the molecule is CC(=O)N/N=C(/C)c1ccc(OC(F)F)cc1OC(F)F. The van der Waals surface area contributed by atoms with E-state index in [0.29, 0.717) is 0 Å². The van der Waals surface area contributed by atoms with Crippen molar-refractivity contribution in [2.45, 2.75) is 27.1 Å². The van der Waals surface area contributed by atoms with Gasteiger partial charge in [0.1, 0.15) is 11.5 Å². The van der Waals surface area contributed by atoms with Gasteiger partial charge in [0.05, 0.1) is 5.71 Å². The van der Waals surface area contributed by atoms with E-state index in [0.717, 1.165) is 12.1 Å². The molecule has 0 heterocycles. The lowest BCUT2D eigenvalue weighted by atomic mass is 10.1. The average Bonchev–Trinajstić information content (AvgIpc) is 2.34. The van der Waals surface area contributed by atoms with E-state index >= 15 is 0 Å². The number of hydrogen-bond donors (Lipinski definition) is 1. The minimum absolute atomic E-state index is 0.102. The molecule has 1 amide bonds. The molecule has 1 aromatic carbocycles. The first-order valence-corrected chi connectivity index (χ1v) is 5.64. The largest absolute Gasteiger partial charge is 0.435 e. The highest BCUT2D eigenvalue weighted by Gasteiger charge is 2.15. The first-order chi connectivity index (χ1) is 9.79. The molecule has 9 heteroatoms. The normalized spacial score (nSPS) is 11.7. The van der Waals surface area contributed by atoms with E-state index in [-0.39, 0.29) is 17.0 Å². The summed E-state index contributed by atoms with van der Waals surface area (Å²) in [7, 11) is 0. The predicted molar refractivity (Wildman–Crippen MR) is 65.7 cm³/mol. The number of ether oxygens (including phenoxy) is 2. The maximum Gasteiger partial charge on any atom is 0.387 e.